The summed E-state index contributed by atoms with van der Waals surface area (Å²) in [4.78, 5) is 17.6. The fraction of sp³-hybridized carbons (Fsp3) is 0.654. The van der Waals surface area contributed by atoms with Gasteiger partial charge in [0.05, 0.1) is 19.1 Å². The Balaban J connectivity index is 1.25. The van der Waals surface area contributed by atoms with Gasteiger partial charge in [0.15, 0.2) is 0 Å². The number of benzene rings is 1. The molecular weight excluding hydrogens is 404 g/mol. The van der Waals surface area contributed by atoms with Gasteiger partial charge >= 0.3 is 5.97 Å². The fourth-order valence-electron chi connectivity index (χ4n) is 6.53. The summed E-state index contributed by atoms with van der Waals surface area (Å²) < 4.78 is 11.1. The SMILES string of the molecule is COc1ccc(N2CCN(C[C@H]3C(=O)O[C@@H]4CC5=CCC[C@@H](C)[C@@]5(C)[C@@H](O)[C@H]43)CC2)cc1. The van der Waals surface area contributed by atoms with Crippen LogP contribution in [0.2, 0.25) is 0 Å². The van der Waals surface area contributed by atoms with Crippen molar-refractivity contribution < 1.29 is 19.4 Å². The molecular formula is C26H36N2O4. The third kappa shape index (κ3) is 3.52. The number of rotatable bonds is 4. The van der Waals surface area contributed by atoms with E-state index in [0.29, 0.717) is 12.5 Å². The predicted octanol–water partition coefficient (Wildman–Crippen LogP) is 3.10. The summed E-state index contributed by atoms with van der Waals surface area (Å²) in [6.45, 7) is 8.79. The molecule has 32 heavy (non-hydrogen) atoms. The Bertz CT molecular complexity index is 876. The van der Waals surface area contributed by atoms with Crippen molar-refractivity contribution in [2.75, 3.05) is 44.7 Å². The van der Waals surface area contributed by atoms with Gasteiger partial charge in [-0.25, -0.2) is 0 Å². The van der Waals surface area contributed by atoms with Gasteiger partial charge in [0.25, 0.3) is 0 Å². The lowest BCUT2D eigenvalue weighted by Crippen LogP contribution is -2.55. The highest BCUT2D eigenvalue weighted by molar-refractivity contribution is 5.76. The number of nitrogens with zero attached hydrogens (tertiary/aromatic N) is 2. The van der Waals surface area contributed by atoms with Gasteiger partial charge in [0.2, 0.25) is 0 Å². The molecule has 1 N–H and O–H groups in total. The Kier molecular flexibility index (Phi) is 5.70. The number of fused-ring (bicyclic) bond motifs is 2. The third-order valence-electron chi connectivity index (χ3n) is 8.84. The molecule has 1 saturated carbocycles. The van der Waals surface area contributed by atoms with Crippen molar-refractivity contribution >= 4 is 11.7 Å². The van der Waals surface area contributed by atoms with Gasteiger partial charge in [-0.05, 0) is 43.0 Å². The zero-order chi connectivity index (χ0) is 22.5. The van der Waals surface area contributed by atoms with Crippen molar-refractivity contribution in [2.24, 2.45) is 23.2 Å². The molecule has 0 spiro atoms. The van der Waals surface area contributed by atoms with E-state index in [-0.39, 0.29) is 29.3 Å². The second-order valence-electron chi connectivity index (χ2n) is 10.3. The molecule has 0 aromatic heterocycles. The van der Waals surface area contributed by atoms with Gasteiger partial charge in [0.1, 0.15) is 11.9 Å². The minimum Gasteiger partial charge on any atom is -0.497 e. The molecule has 6 atom stereocenters. The first-order valence-electron chi connectivity index (χ1n) is 12.1. The summed E-state index contributed by atoms with van der Waals surface area (Å²) in [7, 11) is 1.68. The van der Waals surface area contributed by atoms with Crippen molar-refractivity contribution in [3.05, 3.63) is 35.9 Å². The van der Waals surface area contributed by atoms with Crippen LogP contribution >= 0.6 is 0 Å². The van der Waals surface area contributed by atoms with Gasteiger partial charge in [-0.15, -0.1) is 0 Å². The lowest BCUT2D eigenvalue weighted by Gasteiger charge is -2.52. The average molecular weight is 441 g/mol. The summed E-state index contributed by atoms with van der Waals surface area (Å²) in [6, 6.07) is 8.19. The summed E-state index contributed by atoms with van der Waals surface area (Å²) in [5, 5.41) is 11.5. The van der Waals surface area contributed by atoms with E-state index in [2.05, 4.69) is 41.9 Å². The molecule has 5 rings (SSSR count). The van der Waals surface area contributed by atoms with E-state index in [9.17, 15) is 9.90 Å². The van der Waals surface area contributed by atoms with Crippen molar-refractivity contribution in [1.29, 1.82) is 0 Å². The summed E-state index contributed by atoms with van der Waals surface area (Å²) in [5.41, 5.74) is 2.26. The van der Waals surface area contributed by atoms with Crippen molar-refractivity contribution in [1.82, 2.24) is 4.90 Å². The normalized spacial score (nSPS) is 37.4. The highest BCUT2D eigenvalue weighted by Gasteiger charge is 2.59. The van der Waals surface area contributed by atoms with Crippen LogP contribution in [0.25, 0.3) is 0 Å². The van der Waals surface area contributed by atoms with E-state index in [1.54, 1.807) is 7.11 Å². The number of hydrogen-bond acceptors (Lipinski definition) is 6. The number of esters is 1. The quantitative estimate of drug-likeness (QED) is 0.574. The van der Waals surface area contributed by atoms with Crippen molar-refractivity contribution in [3.8, 4) is 5.75 Å². The molecule has 3 fully saturated rings. The predicted molar refractivity (Wildman–Crippen MR) is 124 cm³/mol. The van der Waals surface area contributed by atoms with E-state index in [1.165, 1.54) is 11.3 Å². The van der Waals surface area contributed by atoms with Crippen LogP contribution in [-0.2, 0) is 9.53 Å². The molecule has 1 aromatic rings. The van der Waals surface area contributed by atoms with Crippen LogP contribution in [0.3, 0.4) is 0 Å². The maximum atomic E-state index is 12.9. The molecule has 0 unspecified atom stereocenters. The van der Waals surface area contributed by atoms with Crippen LogP contribution in [-0.4, -0.2) is 68.0 Å². The maximum Gasteiger partial charge on any atom is 0.311 e. The van der Waals surface area contributed by atoms with Crippen LogP contribution in [0.1, 0.15) is 33.1 Å². The number of methoxy groups -OCH3 is 1. The smallest absolute Gasteiger partial charge is 0.311 e. The van der Waals surface area contributed by atoms with Gasteiger partial charge in [-0.2, -0.15) is 0 Å². The van der Waals surface area contributed by atoms with E-state index < -0.39 is 6.10 Å². The molecule has 0 amide bonds. The van der Waals surface area contributed by atoms with Gasteiger partial charge in [-0.3, -0.25) is 9.69 Å². The van der Waals surface area contributed by atoms with Crippen LogP contribution in [0.15, 0.2) is 35.9 Å². The Morgan fingerprint density at radius 2 is 1.91 bits per heavy atom. The van der Waals surface area contributed by atoms with Gasteiger partial charge in [0, 0.05) is 56.2 Å². The number of carbonyl (C=O) groups is 1. The molecule has 4 aliphatic rings. The second-order valence-corrected chi connectivity index (χ2v) is 10.3. The standard InChI is InChI=1S/C26H36N2O4/c1-17-5-4-6-18-15-22-23(24(29)26(17,18)2)21(25(30)32-22)16-27-11-13-28(14-12-27)19-7-9-20(31-3)10-8-19/h6-10,17,21-24,29H,4-5,11-16H2,1-3H3/t17-,21-,22-,23+,24+,26-/m1/s1. The molecule has 6 nitrogen and oxygen atoms in total. The Labute approximate surface area is 191 Å². The van der Waals surface area contributed by atoms with Crippen LogP contribution in [0.5, 0.6) is 5.75 Å². The molecule has 0 radical (unpaired) electrons. The lowest BCUT2D eigenvalue weighted by atomic mass is 9.55. The Morgan fingerprint density at radius 3 is 2.59 bits per heavy atom. The molecule has 2 aliphatic carbocycles. The average Bonchev–Trinajstić information content (AvgIpc) is 3.11. The highest BCUT2D eigenvalue weighted by Crippen LogP contribution is 2.56. The number of aliphatic hydroxyl groups is 1. The largest absolute Gasteiger partial charge is 0.497 e. The van der Waals surface area contributed by atoms with E-state index in [4.69, 9.17) is 9.47 Å². The first-order chi connectivity index (χ1) is 15.4. The summed E-state index contributed by atoms with van der Waals surface area (Å²) >= 11 is 0. The number of anilines is 1. The van der Waals surface area contributed by atoms with Gasteiger partial charge in [-0.1, -0.05) is 25.5 Å². The number of piperazine rings is 1. The fourth-order valence-corrected chi connectivity index (χ4v) is 6.53. The number of aliphatic hydroxyl groups excluding tert-OH is 1. The Morgan fingerprint density at radius 1 is 1.19 bits per heavy atom. The van der Waals surface area contributed by atoms with E-state index >= 15 is 0 Å². The molecule has 1 aromatic carbocycles. The molecule has 2 aliphatic heterocycles. The molecule has 2 heterocycles. The second kappa shape index (κ2) is 8.38. The zero-order valence-corrected chi connectivity index (χ0v) is 19.5. The van der Waals surface area contributed by atoms with E-state index in [1.807, 2.05) is 12.1 Å². The maximum absolute atomic E-state index is 12.9. The number of ether oxygens (including phenoxy) is 2. The first-order valence-corrected chi connectivity index (χ1v) is 12.1. The van der Waals surface area contributed by atoms with Crippen molar-refractivity contribution in [3.63, 3.8) is 0 Å². The minimum absolute atomic E-state index is 0.107. The van der Waals surface area contributed by atoms with Crippen LogP contribution in [0.4, 0.5) is 5.69 Å². The lowest BCUT2D eigenvalue weighted by molar-refractivity contribution is -0.145. The number of allylic oxidation sites excluding steroid dienone is 1. The highest BCUT2D eigenvalue weighted by atomic mass is 16.6. The number of hydrogen-bond donors (Lipinski definition) is 1. The zero-order valence-electron chi connectivity index (χ0n) is 19.5. The topological polar surface area (TPSA) is 62.2 Å². The molecule has 2 saturated heterocycles. The number of carbonyl (C=O) groups excluding carboxylic acids is 1. The Hall–Kier alpha value is -2.05. The summed E-state index contributed by atoms with van der Waals surface area (Å²) in [6.07, 6.45) is 4.54. The third-order valence-corrected chi connectivity index (χ3v) is 8.84. The van der Waals surface area contributed by atoms with E-state index in [0.717, 1.165) is 51.2 Å². The van der Waals surface area contributed by atoms with Crippen LogP contribution in [0, 0.1) is 23.2 Å². The van der Waals surface area contributed by atoms with Gasteiger partial charge < -0.3 is 19.5 Å². The summed E-state index contributed by atoms with van der Waals surface area (Å²) in [5.74, 6) is 0.821. The molecule has 0 bridgehead atoms. The minimum atomic E-state index is -0.528. The van der Waals surface area contributed by atoms with Crippen LogP contribution < -0.4 is 9.64 Å². The van der Waals surface area contributed by atoms with Crippen molar-refractivity contribution in [2.45, 2.75) is 45.3 Å². The first kappa shape index (κ1) is 21.8. The monoisotopic (exact) mass is 440 g/mol. The molecule has 6 heteroatoms. The molecule has 174 valence electrons.